The number of nitro groups is 1. The predicted octanol–water partition coefficient (Wildman–Crippen LogP) is 4.88. The van der Waals surface area contributed by atoms with E-state index in [1.54, 1.807) is 48.5 Å². The molecule has 0 aromatic heterocycles. The van der Waals surface area contributed by atoms with Crippen molar-refractivity contribution in [1.29, 1.82) is 0 Å². The molecule has 6 nitrogen and oxygen atoms in total. The molecule has 29 heavy (non-hydrogen) atoms. The Hall–Kier alpha value is -4.13. The lowest BCUT2D eigenvalue weighted by molar-refractivity contribution is -0.387. The van der Waals surface area contributed by atoms with E-state index >= 15 is 0 Å². The fourth-order valence-corrected chi connectivity index (χ4v) is 2.59. The maximum atomic E-state index is 13.7. The highest BCUT2D eigenvalue weighted by molar-refractivity contribution is 6.08. The number of ketones is 1. The Bertz CT molecular complexity index is 1110. The summed E-state index contributed by atoms with van der Waals surface area (Å²) in [6.45, 7) is 0. The van der Waals surface area contributed by atoms with Crippen LogP contribution in [0.1, 0.15) is 26.3 Å². The van der Waals surface area contributed by atoms with Gasteiger partial charge in [0.1, 0.15) is 0 Å². The molecule has 0 atom stereocenters. The summed E-state index contributed by atoms with van der Waals surface area (Å²) in [7, 11) is 0. The maximum Gasteiger partial charge on any atom is 0.304 e. The molecule has 3 rings (SSSR count). The number of halogens is 1. The van der Waals surface area contributed by atoms with Crippen LogP contribution in [-0.4, -0.2) is 16.6 Å². The molecule has 7 heteroatoms. The summed E-state index contributed by atoms with van der Waals surface area (Å²) in [6.07, 6.45) is 2.60. The minimum Gasteiger partial charge on any atom is -0.322 e. The Balaban J connectivity index is 1.72. The first kappa shape index (κ1) is 19.6. The molecular formula is C22H15FN2O4. The highest BCUT2D eigenvalue weighted by Crippen LogP contribution is 2.19. The zero-order valence-electron chi connectivity index (χ0n) is 15.0. The summed E-state index contributed by atoms with van der Waals surface area (Å²) in [4.78, 5) is 34.4. The van der Waals surface area contributed by atoms with Crippen LogP contribution in [-0.2, 0) is 0 Å². The van der Waals surface area contributed by atoms with E-state index in [1.165, 1.54) is 24.3 Å². The minimum absolute atomic E-state index is 0.299. The zero-order valence-corrected chi connectivity index (χ0v) is 15.0. The molecule has 0 aliphatic rings. The van der Waals surface area contributed by atoms with Gasteiger partial charge in [-0.1, -0.05) is 36.4 Å². The van der Waals surface area contributed by atoms with Gasteiger partial charge in [-0.3, -0.25) is 19.7 Å². The van der Waals surface area contributed by atoms with Crippen LogP contribution in [0.15, 0.2) is 78.9 Å². The van der Waals surface area contributed by atoms with Crippen LogP contribution < -0.4 is 5.32 Å². The lowest BCUT2D eigenvalue weighted by Crippen LogP contribution is -2.12. The maximum absolute atomic E-state index is 13.7. The third kappa shape index (κ3) is 4.98. The van der Waals surface area contributed by atoms with Crippen LogP contribution in [0.25, 0.3) is 6.08 Å². The summed E-state index contributed by atoms with van der Waals surface area (Å²) in [6, 6.07) is 18.4. The highest BCUT2D eigenvalue weighted by Gasteiger charge is 2.13. The molecule has 0 bridgehead atoms. The molecule has 1 N–H and O–H groups in total. The summed E-state index contributed by atoms with van der Waals surface area (Å²) in [5.74, 6) is -1.64. The number of rotatable bonds is 6. The Kier molecular flexibility index (Phi) is 5.89. The minimum atomic E-state index is -0.977. The first-order valence-corrected chi connectivity index (χ1v) is 8.57. The lowest BCUT2D eigenvalue weighted by atomic mass is 10.1. The van der Waals surface area contributed by atoms with Crippen LogP contribution in [0.2, 0.25) is 0 Å². The number of amides is 1. The quantitative estimate of drug-likeness (QED) is 0.281. The fraction of sp³-hybridized carbons (Fsp3) is 0. The van der Waals surface area contributed by atoms with Crippen LogP contribution in [0.5, 0.6) is 0 Å². The predicted molar refractivity (Wildman–Crippen MR) is 107 cm³/mol. The fourth-order valence-electron chi connectivity index (χ4n) is 2.59. The number of nitro benzene ring substituents is 1. The molecule has 0 aliphatic heterocycles. The third-order valence-corrected chi connectivity index (χ3v) is 4.04. The molecule has 0 aliphatic carbocycles. The SMILES string of the molecule is O=C(/C=C/c1ccc([N+](=O)[O-])c(F)c1)c1cccc(NC(=O)c2ccccc2)c1. The third-order valence-electron chi connectivity index (χ3n) is 4.04. The molecule has 0 spiro atoms. The van der Waals surface area contributed by atoms with Crippen molar-refractivity contribution in [3.8, 4) is 0 Å². The number of benzene rings is 3. The first-order valence-electron chi connectivity index (χ1n) is 8.57. The van der Waals surface area contributed by atoms with Crippen molar-refractivity contribution < 1.29 is 18.9 Å². The molecule has 0 heterocycles. The molecule has 1 amide bonds. The highest BCUT2D eigenvalue weighted by atomic mass is 19.1. The number of nitrogens with one attached hydrogen (secondary N) is 1. The molecule has 0 saturated heterocycles. The van der Waals surface area contributed by atoms with E-state index in [2.05, 4.69) is 5.32 Å². The van der Waals surface area contributed by atoms with Crippen molar-refractivity contribution in [1.82, 2.24) is 0 Å². The Labute approximate surface area is 165 Å². The Morgan fingerprint density at radius 1 is 0.931 bits per heavy atom. The van der Waals surface area contributed by atoms with Gasteiger partial charge in [0.15, 0.2) is 5.78 Å². The number of hydrogen-bond donors (Lipinski definition) is 1. The Morgan fingerprint density at radius 2 is 1.66 bits per heavy atom. The van der Waals surface area contributed by atoms with Crippen molar-refractivity contribution in [2.24, 2.45) is 0 Å². The second-order valence-electron chi connectivity index (χ2n) is 6.07. The van der Waals surface area contributed by atoms with Gasteiger partial charge in [0.2, 0.25) is 5.82 Å². The number of hydrogen-bond acceptors (Lipinski definition) is 4. The second-order valence-corrected chi connectivity index (χ2v) is 6.07. The van der Waals surface area contributed by atoms with Crippen LogP contribution in [0.4, 0.5) is 15.8 Å². The number of carbonyl (C=O) groups is 2. The number of anilines is 1. The molecule has 0 saturated carbocycles. The molecule has 3 aromatic rings. The van der Waals surface area contributed by atoms with Gasteiger partial charge in [-0.2, -0.15) is 4.39 Å². The van der Waals surface area contributed by atoms with Gasteiger partial charge in [-0.05, 0) is 48.0 Å². The average molecular weight is 390 g/mol. The van der Waals surface area contributed by atoms with Gasteiger partial charge >= 0.3 is 5.69 Å². The largest absolute Gasteiger partial charge is 0.322 e. The number of nitrogens with zero attached hydrogens (tertiary/aromatic N) is 1. The van der Waals surface area contributed by atoms with Crippen molar-refractivity contribution in [3.05, 3.63) is 111 Å². The molecule has 0 fully saturated rings. The van der Waals surface area contributed by atoms with E-state index in [0.29, 0.717) is 22.4 Å². The van der Waals surface area contributed by atoms with E-state index in [9.17, 15) is 24.1 Å². The molecule has 0 unspecified atom stereocenters. The van der Waals surface area contributed by atoms with Crippen LogP contribution in [0.3, 0.4) is 0 Å². The summed E-state index contributed by atoms with van der Waals surface area (Å²) < 4.78 is 13.7. The standard InChI is InChI=1S/C22H15FN2O4/c23-19-13-15(9-11-20(19)25(28)29)10-12-21(26)17-7-4-8-18(14-17)24-22(27)16-5-2-1-3-6-16/h1-14H,(H,24,27)/b12-10+. The monoisotopic (exact) mass is 390 g/mol. The van der Waals surface area contributed by atoms with E-state index in [1.807, 2.05) is 0 Å². The molecule has 144 valence electrons. The molecule has 3 aromatic carbocycles. The van der Waals surface area contributed by atoms with E-state index in [4.69, 9.17) is 0 Å². The normalized spacial score (nSPS) is 10.7. The Morgan fingerprint density at radius 3 is 2.34 bits per heavy atom. The number of carbonyl (C=O) groups excluding carboxylic acids is 2. The van der Waals surface area contributed by atoms with Crippen LogP contribution >= 0.6 is 0 Å². The van der Waals surface area contributed by atoms with Gasteiger partial charge < -0.3 is 5.32 Å². The second kappa shape index (κ2) is 8.71. The van der Waals surface area contributed by atoms with Crippen molar-refractivity contribution in [3.63, 3.8) is 0 Å². The average Bonchev–Trinajstić information content (AvgIpc) is 2.72. The lowest BCUT2D eigenvalue weighted by Gasteiger charge is -2.06. The summed E-state index contributed by atoms with van der Waals surface area (Å²) >= 11 is 0. The molecule has 0 radical (unpaired) electrons. The van der Waals surface area contributed by atoms with Crippen molar-refractivity contribution in [2.75, 3.05) is 5.32 Å². The van der Waals surface area contributed by atoms with Crippen LogP contribution in [0, 0.1) is 15.9 Å². The topological polar surface area (TPSA) is 89.3 Å². The first-order chi connectivity index (χ1) is 13.9. The van der Waals surface area contributed by atoms with Crippen molar-refractivity contribution in [2.45, 2.75) is 0 Å². The van der Waals surface area contributed by atoms with Gasteiger partial charge in [-0.15, -0.1) is 0 Å². The van der Waals surface area contributed by atoms with Gasteiger partial charge in [0.25, 0.3) is 5.91 Å². The van der Waals surface area contributed by atoms with E-state index < -0.39 is 16.4 Å². The number of allylic oxidation sites excluding steroid dienone is 1. The van der Waals surface area contributed by atoms with Crippen molar-refractivity contribution >= 4 is 29.1 Å². The van der Waals surface area contributed by atoms with Gasteiger partial charge in [0.05, 0.1) is 4.92 Å². The molecular weight excluding hydrogens is 375 g/mol. The van der Waals surface area contributed by atoms with Gasteiger partial charge in [-0.25, -0.2) is 0 Å². The van der Waals surface area contributed by atoms with E-state index in [0.717, 1.165) is 12.1 Å². The zero-order chi connectivity index (χ0) is 20.8. The smallest absolute Gasteiger partial charge is 0.304 e. The van der Waals surface area contributed by atoms with Gasteiger partial charge in [0, 0.05) is 22.9 Å². The van der Waals surface area contributed by atoms with E-state index in [-0.39, 0.29) is 11.7 Å². The summed E-state index contributed by atoms with van der Waals surface area (Å²) in [5, 5.41) is 13.4. The summed E-state index contributed by atoms with van der Waals surface area (Å²) in [5.41, 5.74) is 0.962.